The van der Waals surface area contributed by atoms with E-state index in [0.29, 0.717) is 12.2 Å². The van der Waals surface area contributed by atoms with E-state index in [1.165, 1.54) is 7.11 Å². The number of hydrogen-bond donors (Lipinski definition) is 1. The molecule has 0 saturated heterocycles. The molecule has 0 aliphatic heterocycles. The first-order chi connectivity index (χ1) is 6.69. The summed E-state index contributed by atoms with van der Waals surface area (Å²) in [5.41, 5.74) is 6.90. The van der Waals surface area contributed by atoms with Gasteiger partial charge in [-0.15, -0.1) is 0 Å². The molecule has 76 valence electrons. The van der Waals surface area contributed by atoms with Crippen LogP contribution in [0, 0.1) is 0 Å². The Morgan fingerprint density at radius 2 is 2.29 bits per heavy atom. The number of anilines is 1. The summed E-state index contributed by atoms with van der Waals surface area (Å²) in [6.07, 6.45) is 0. The Kier molecular flexibility index (Phi) is 3.48. The minimum atomic E-state index is -0.336. The number of nitrogens with zero attached hydrogens (tertiary/aromatic N) is 1. The lowest BCUT2D eigenvalue weighted by Gasteiger charge is -2.16. The number of methoxy groups -OCH3 is 1. The van der Waals surface area contributed by atoms with Gasteiger partial charge in [-0.3, -0.25) is 0 Å². The third kappa shape index (κ3) is 2.23. The highest BCUT2D eigenvalue weighted by Gasteiger charge is 2.06. The molecular formula is C10H14N2O2. The maximum absolute atomic E-state index is 11.2. The van der Waals surface area contributed by atoms with Gasteiger partial charge in [-0.2, -0.15) is 0 Å². The van der Waals surface area contributed by atoms with E-state index in [1.807, 2.05) is 18.0 Å². The van der Waals surface area contributed by atoms with Gasteiger partial charge in [0, 0.05) is 12.7 Å². The van der Waals surface area contributed by atoms with Crippen molar-refractivity contribution < 1.29 is 9.53 Å². The van der Waals surface area contributed by atoms with Crippen molar-refractivity contribution in [2.24, 2.45) is 5.73 Å². The minimum Gasteiger partial charge on any atom is -0.465 e. The number of carbonyl (C=O) groups is 1. The number of carbonyl (C=O) groups excluding carboxylic acids is 1. The zero-order valence-corrected chi connectivity index (χ0v) is 8.36. The molecule has 0 aromatic heterocycles. The van der Waals surface area contributed by atoms with Crippen LogP contribution in [0.5, 0.6) is 0 Å². The Bertz CT molecular complexity index is 326. The first-order valence-electron chi connectivity index (χ1n) is 4.28. The van der Waals surface area contributed by atoms with Gasteiger partial charge in [0.15, 0.2) is 0 Å². The predicted molar refractivity (Wildman–Crippen MR) is 55.2 cm³/mol. The Hall–Kier alpha value is -1.55. The molecule has 0 radical (unpaired) electrons. The molecule has 0 heterocycles. The van der Waals surface area contributed by atoms with Crippen LogP contribution in [0.1, 0.15) is 10.4 Å². The van der Waals surface area contributed by atoms with Gasteiger partial charge in [-0.05, 0) is 18.2 Å². The Morgan fingerprint density at radius 3 is 2.86 bits per heavy atom. The third-order valence-electron chi connectivity index (χ3n) is 1.98. The van der Waals surface area contributed by atoms with Gasteiger partial charge in [0.05, 0.1) is 19.3 Å². The molecule has 0 saturated carbocycles. The number of ether oxygens (including phenoxy) is 1. The summed E-state index contributed by atoms with van der Waals surface area (Å²) in [7, 11) is 3.22. The fourth-order valence-electron chi connectivity index (χ4n) is 1.09. The van der Waals surface area contributed by atoms with Crippen molar-refractivity contribution in [2.75, 3.05) is 25.7 Å². The van der Waals surface area contributed by atoms with Crippen molar-refractivity contribution in [1.82, 2.24) is 0 Å². The number of nitrogens with two attached hydrogens (primary N) is 1. The van der Waals surface area contributed by atoms with Gasteiger partial charge >= 0.3 is 5.97 Å². The van der Waals surface area contributed by atoms with Crippen LogP contribution < -0.4 is 10.6 Å². The molecule has 4 heteroatoms. The van der Waals surface area contributed by atoms with Gasteiger partial charge in [-0.1, -0.05) is 6.07 Å². The van der Waals surface area contributed by atoms with Crippen molar-refractivity contribution in [3.63, 3.8) is 0 Å². The molecule has 0 spiro atoms. The second-order valence-electron chi connectivity index (χ2n) is 2.92. The highest BCUT2D eigenvalue weighted by molar-refractivity contribution is 5.90. The monoisotopic (exact) mass is 194 g/mol. The van der Waals surface area contributed by atoms with Crippen molar-refractivity contribution in [2.45, 2.75) is 0 Å². The Morgan fingerprint density at radius 1 is 1.57 bits per heavy atom. The third-order valence-corrected chi connectivity index (χ3v) is 1.98. The summed E-state index contributed by atoms with van der Waals surface area (Å²) in [5, 5.41) is 0. The van der Waals surface area contributed by atoms with E-state index in [1.54, 1.807) is 18.2 Å². The minimum absolute atomic E-state index is 0.336. The van der Waals surface area contributed by atoms with Crippen LogP contribution in [0.3, 0.4) is 0 Å². The maximum atomic E-state index is 11.2. The van der Waals surface area contributed by atoms with Gasteiger partial charge in [0.1, 0.15) is 0 Å². The molecule has 0 aliphatic carbocycles. The molecule has 4 nitrogen and oxygen atoms in total. The molecule has 1 aromatic carbocycles. The second-order valence-corrected chi connectivity index (χ2v) is 2.92. The highest BCUT2D eigenvalue weighted by atomic mass is 16.5. The topological polar surface area (TPSA) is 55.6 Å². The Labute approximate surface area is 83.3 Å². The maximum Gasteiger partial charge on any atom is 0.337 e. The standard InChI is InChI=1S/C10H14N2O2/c1-12(7-11)9-5-3-4-8(6-9)10(13)14-2/h3-6H,7,11H2,1-2H3. The van der Waals surface area contributed by atoms with E-state index >= 15 is 0 Å². The van der Waals surface area contributed by atoms with E-state index < -0.39 is 0 Å². The molecule has 1 aromatic rings. The van der Waals surface area contributed by atoms with Crippen LogP contribution in [0.2, 0.25) is 0 Å². The fourth-order valence-corrected chi connectivity index (χ4v) is 1.09. The van der Waals surface area contributed by atoms with Crippen LogP contribution in [-0.4, -0.2) is 26.8 Å². The average molecular weight is 194 g/mol. The highest BCUT2D eigenvalue weighted by Crippen LogP contribution is 2.14. The van der Waals surface area contributed by atoms with Crippen LogP contribution in [0.4, 0.5) is 5.69 Å². The van der Waals surface area contributed by atoms with Gasteiger partial charge in [-0.25, -0.2) is 4.79 Å². The number of rotatable bonds is 3. The molecule has 0 atom stereocenters. The molecule has 0 amide bonds. The lowest BCUT2D eigenvalue weighted by molar-refractivity contribution is 0.0601. The van der Waals surface area contributed by atoms with Crippen LogP contribution in [0.15, 0.2) is 24.3 Å². The molecule has 2 N–H and O–H groups in total. The lowest BCUT2D eigenvalue weighted by atomic mass is 10.2. The number of benzene rings is 1. The van der Waals surface area contributed by atoms with Gasteiger partial charge in [0.25, 0.3) is 0 Å². The van der Waals surface area contributed by atoms with Crippen molar-refractivity contribution in [3.8, 4) is 0 Å². The quantitative estimate of drug-likeness (QED) is 0.572. The van der Waals surface area contributed by atoms with E-state index in [2.05, 4.69) is 4.74 Å². The predicted octanol–water partition coefficient (Wildman–Crippen LogP) is 0.826. The molecular weight excluding hydrogens is 180 g/mol. The molecule has 0 unspecified atom stereocenters. The summed E-state index contributed by atoms with van der Waals surface area (Å²) >= 11 is 0. The van der Waals surface area contributed by atoms with Gasteiger partial charge < -0.3 is 15.4 Å². The summed E-state index contributed by atoms with van der Waals surface area (Å²) in [4.78, 5) is 13.0. The number of hydrogen-bond acceptors (Lipinski definition) is 4. The summed E-state index contributed by atoms with van der Waals surface area (Å²) in [5.74, 6) is -0.336. The largest absolute Gasteiger partial charge is 0.465 e. The first-order valence-corrected chi connectivity index (χ1v) is 4.28. The van der Waals surface area contributed by atoms with Crippen LogP contribution >= 0.6 is 0 Å². The van der Waals surface area contributed by atoms with Crippen LogP contribution in [-0.2, 0) is 4.74 Å². The number of esters is 1. The first kappa shape index (κ1) is 10.5. The average Bonchev–Trinajstić information content (AvgIpc) is 2.27. The molecule has 14 heavy (non-hydrogen) atoms. The van der Waals surface area contributed by atoms with E-state index in [0.717, 1.165) is 5.69 Å². The SMILES string of the molecule is COC(=O)c1cccc(N(C)CN)c1. The molecule has 1 rings (SSSR count). The summed E-state index contributed by atoms with van der Waals surface area (Å²) in [6.45, 7) is 0.407. The second kappa shape index (κ2) is 4.62. The normalized spacial score (nSPS) is 9.64. The van der Waals surface area contributed by atoms with Crippen molar-refractivity contribution in [1.29, 1.82) is 0 Å². The fraction of sp³-hybridized carbons (Fsp3) is 0.300. The molecule has 0 aliphatic rings. The van der Waals surface area contributed by atoms with Crippen molar-refractivity contribution >= 4 is 11.7 Å². The van der Waals surface area contributed by atoms with E-state index in [-0.39, 0.29) is 5.97 Å². The summed E-state index contributed by atoms with van der Waals surface area (Å²) < 4.78 is 4.62. The zero-order valence-electron chi connectivity index (χ0n) is 8.36. The summed E-state index contributed by atoms with van der Waals surface area (Å²) in [6, 6.07) is 7.14. The van der Waals surface area contributed by atoms with Gasteiger partial charge in [0.2, 0.25) is 0 Å². The van der Waals surface area contributed by atoms with Crippen LogP contribution in [0.25, 0.3) is 0 Å². The van der Waals surface area contributed by atoms with Crippen molar-refractivity contribution in [3.05, 3.63) is 29.8 Å². The lowest BCUT2D eigenvalue weighted by Crippen LogP contribution is -2.25. The smallest absolute Gasteiger partial charge is 0.337 e. The zero-order chi connectivity index (χ0) is 10.6. The molecule has 0 bridgehead atoms. The van der Waals surface area contributed by atoms with E-state index in [9.17, 15) is 4.79 Å². The Balaban J connectivity index is 2.95. The molecule has 0 fully saturated rings. The van der Waals surface area contributed by atoms with E-state index in [4.69, 9.17) is 5.73 Å².